The Morgan fingerprint density at radius 2 is 1.73 bits per heavy atom. The molecule has 1 aliphatic heterocycles. The minimum Gasteiger partial charge on any atom is -0.444 e. The van der Waals surface area contributed by atoms with Gasteiger partial charge in [-0.2, -0.15) is 9.67 Å². The van der Waals surface area contributed by atoms with Crippen LogP contribution < -0.4 is 10.6 Å². The third-order valence-electron chi connectivity index (χ3n) is 5.61. The van der Waals surface area contributed by atoms with Crippen molar-refractivity contribution >= 4 is 55.7 Å². The number of halogens is 2. The highest BCUT2D eigenvalue weighted by Gasteiger charge is 2.24. The molecule has 212 valence electrons. The maximum atomic E-state index is 13.0. The van der Waals surface area contributed by atoms with E-state index >= 15 is 0 Å². The van der Waals surface area contributed by atoms with Crippen molar-refractivity contribution in [1.82, 2.24) is 30.0 Å². The highest BCUT2D eigenvalue weighted by molar-refractivity contribution is 9.11. The van der Waals surface area contributed by atoms with Gasteiger partial charge in [-0.15, -0.1) is 5.10 Å². The van der Waals surface area contributed by atoms with Gasteiger partial charge in [-0.05, 0) is 58.0 Å². The highest BCUT2D eigenvalue weighted by atomic mass is 79.9. The number of ether oxygens (including phenoxy) is 2. The smallest absolute Gasteiger partial charge is 0.414 e. The second-order valence-corrected chi connectivity index (χ2v) is 11.8. The Balaban J connectivity index is 1.61. The zero-order valence-corrected chi connectivity index (χ0v) is 25.6. The molecule has 0 bridgehead atoms. The Kier molecular flexibility index (Phi) is 9.21. The summed E-state index contributed by atoms with van der Waals surface area (Å²) in [6, 6.07) is 7.84. The van der Waals surface area contributed by atoms with Crippen molar-refractivity contribution in [3.63, 3.8) is 0 Å². The van der Waals surface area contributed by atoms with E-state index < -0.39 is 17.7 Å². The van der Waals surface area contributed by atoms with Crippen LogP contribution in [0.25, 0.3) is 5.82 Å². The van der Waals surface area contributed by atoms with Crippen molar-refractivity contribution in [2.24, 2.45) is 0 Å². The molecule has 1 aliphatic rings. The highest BCUT2D eigenvalue weighted by Crippen LogP contribution is 2.22. The summed E-state index contributed by atoms with van der Waals surface area (Å²) in [5.41, 5.74) is 0.121. The fourth-order valence-corrected chi connectivity index (χ4v) is 5.13. The number of anilines is 1. The molecule has 2 N–H and O–H groups in total. The van der Waals surface area contributed by atoms with Crippen LogP contribution in [0.4, 0.5) is 10.7 Å². The minimum absolute atomic E-state index is 0.0363. The van der Waals surface area contributed by atoms with E-state index in [1.165, 1.54) is 10.9 Å². The summed E-state index contributed by atoms with van der Waals surface area (Å²) in [5.74, 6) is 0.114. The van der Waals surface area contributed by atoms with Crippen LogP contribution in [0, 0.1) is 0 Å². The quantitative estimate of drug-likeness (QED) is 0.389. The molecule has 1 aromatic carbocycles. The van der Waals surface area contributed by atoms with Crippen LogP contribution in [0.2, 0.25) is 0 Å². The number of nitrogens with one attached hydrogen (secondary N) is 2. The van der Waals surface area contributed by atoms with Crippen molar-refractivity contribution in [2.45, 2.75) is 39.3 Å². The summed E-state index contributed by atoms with van der Waals surface area (Å²) in [4.78, 5) is 48.8. The molecule has 1 unspecified atom stereocenters. The third-order valence-corrected chi connectivity index (χ3v) is 6.53. The molecule has 3 amide bonds. The number of carbonyl (C=O) groups excluding carboxylic acids is 3. The molecule has 1 atom stereocenters. The van der Waals surface area contributed by atoms with Crippen LogP contribution in [0.5, 0.6) is 0 Å². The van der Waals surface area contributed by atoms with Gasteiger partial charge >= 0.3 is 6.09 Å². The largest absolute Gasteiger partial charge is 0.444 e. The van der Waals surface area contributed by atoms with E-state index in [4.69, 9.17) is 9.47 Å². The van der Waals surface area contributed by atoms with E-state index in [9.17, 15) is 14.4 Å². The van der Waals surface area contributed by atoms with Crippen molar-refractivity contribution in [3.8, 4) is 5.82 Å². The topological polar surface area (TPSA) is 141 Å². The minimum atomic E-state index is -0.730. The summed E-state index contributed by atoms with van der Waals surface area (Å²) in [7, 11) is 0. The molecule has 2 aromatic heterocycles. The van der Waals surface area contributed by atoms with Gasteiger partial charge in [0.05, 0.1) is 24.8 Å². The van der Waals surface area contributed by atoms with Crippen molar-refractivity contribution < 1.29 is 23.9 Å². The van der Waals surface area contributed by atoms with E-state index in [1.807, 2.05) is 6.07 Å². The molecule has 1 saturated heterocycles. The van der Waals surface area contributed by atoms with Crippen LogP contribution in [0.15, 0.2) is 45.5 Å². The summed E-state index contributed by atoms with van der Waals surface area (Å²) in [5, 5.41) is 9.83. The lowest BCUT2D eigenvalue weighted by molar-refractivity contribution is 0.0302. The lowest BCUT2D eigenvalue weighted by atomic mass is 10.2. The first-order valence-electron chi connectivity index (χ1n) is 12.5. The fraction of sp³-hybridized carbons (Fsp3) is 0.385. The number of hydrogen-bond acceptors (Lipinski definition) is 8. The molecule has 0 radical (unpaired) electrons. The third kappa shape index (κ3) is 7.64. The average molecular weight is 679 g/mol. The van der Waals surface area contributed by atoms with Crippen LogP contribution in [-0.2, 0) is 9.47 Å². The maximum Gasteiger partial charge on any atom is 0.414 e. The van der Waals surface area contributed by atoms with Crippen molar-refractivity contribution in [2.75, 3.05) is 31.6 Å². The summed E-state index contributed by atoms with van der Waals surface area (Å²) < 4.78 is 13.5. The van der Waals surface area contributed by atoms with Gasteiger partial charge in [-0.1, -0.05) is 31.9 Å². The van der Waals surface area contributed by atoms with Gasteiger partial charge in [-0.3, -0.25) is 14.9 Å². The normalized spacial score (nSPS) is 14.4. The summed E-state index contributed by atoms with van der Waals surface area (Å²) >= 11 is 6.79. The molecule has 12 nitrogen and oxygen atoms in total. The first kappa shape index (κ1) is 29.6. The number of morpholine rings is 1. The van der Waals surface area contributed by atoms with Crippen LogP contribution >= 0.6 is 31.9 Å². The van der Waals surface area contributed by atoms with Gasteiger partial charge in [0, 0.05) is 33.8 Å². The molecular weight excluding hydrogens is 650 g/mol. The van der Waals surface area contributed by atoms with Gasteiger partial charge in [0.15, 0.2) is 11.6 Å². The van der Waals surface area contributed by atoms with Gasteiger partial charge in [0.1, 0.15) is 5.60 Å². The fourth-order valence-electron chi connectivity index (χ4n) is 3.84. The molecule has 1 fully saturated rings. The maximum absolute atomic E-state index is 13.0. The molecule has 4 rings (SSSR count). The van der Waals surface area contributed by atoms with Crippen molar-refractivity contribution in [1.29, 1.82) is 0 Å². The number of benzene rings is 1. The molecule has 3 aromatic rings. The Hall–Kier alpha value is -3.36. The number of hydrogen-bond donors (Lipinski definition) is 2. The first-order chi connectivity index (χ1) is 18.9. The number of nitrogens with zero attached hydrogens (tertiary/aromatic N) is 5. The molecule has 40 heavy (non-hydrogen) atoms. The summed E-state index contributed by atoms with van der Waals surface area (Å²) in [6.45, 7) is 8.97. The second-order valence-electron chi connectivity index (χ2n) is 10.00. The van der Waals surface area contributed by atoms with E-state index in [-0.39, 0.29) is 17.8 Å². The number of rotatable bonds is 6. The van der Waals surface area contributed by atoms with Crippen LogP contribution in [-0.4, -0.2) is 74.5 Å². The zero-order chi connectivity index (χ0) is 29.0. The van der Waals surface area contributed by atoms with E-state index in [0.717, 1.165) is 8.95 Å². The Morgan fingerprint density at radius 1 is 1.05 bits per heavy atom. The van der Waals surface area contributed by atoms with Gasteiger partial charge in [0.2, 0.25) is 0 Å². The SMILES string of the molecule is CC(NC(=O)c1cc(Br)cc(Br)c1)c1nc(NC(=O)OC(C)(C)C)nn1-c1ccc(C(=O)N2CCOCC2)cn1. The molecule has 14 heteroatoms. The Bertz CT molecular complexity index is 1380. The number of carbonyl (C=O) groups is 3. The Labute approximate surface area is 248 Å². The molecular formula is C26H29Br2N7O5. The lowest BCUT2D eigenvalue weighted by Gasteiger charge is -2.26. The standard InChI is InChI=1S/C26H29Br2N7O5/c1-15(30-22(36)17-11-18(27)13-19(28)12-17)21-31-24(32-25(38)40-26(2,3)4)33-35(21)20-6-5-16(14-29-20)23(37)34-7-9-39-10-8-34/h5-6,11-15H,7-10H2,1-4H3,(H,30,36)(H,32,33,38). The van der Waals surface area contributed by atoms with Gasteiger partial charge in [-0.25, -0.2) is 9.78 Å². The second kappa shape index (κ2) is 12.4. The van der Waals surface area contributed by atoms with Gasteiger partial charge < -0.3 is 19.7 Å². The van der Waals surface area contributed by atoms with Gasteiger partial charge in [0.25, 0.3) is 17.8 Å². The zero-order valence-electron chi connectivity index (χ0n) is 22.4. The number of amides is 3. The monoisotopic (exact) mass is 677 g/mol. The molecule has 0 aliphatic carbocycles. The first-order valence-corrected chi connectivity index (χ1v) is 14.1. The molecule has 0 saturated carbocycles. The lowest BCUT2D eigenvalue weighted by Crippen LogP contribution is -2.40. The number of aromatic nitrogens is 4. The van der Waals surface area contributed by atoms with Crippen molar-refractivity contribution in [3.05, 3.63) is 62.4 Å². The van der Waals surface area contributed by atoms with E-state index in [2.05, 4.69) is 57.6 Å². The molecule has 0 spiro atoms. The van der Waals surface area contributed by atoms with E-state index in [0.29, 0.717) is 49.1 Å². The average Bonchev–Trinajstić information content (AvgIpc) is 3.31. The van der Waals surface area contributed by atoms with Crippen LogP contribution in [0.1, 0.15) is 60.3 Å². The molecule has 3 heterocycles. The number of pyridine rings is 1. The predicted molar refractivity (Wildman–Crippen MR) is 153 cm³/mol. The predicted octanol–water partition coefficient (Wildman–Crippen LogP) is 4.50. The summed E-state index contributed by atoms with van der Waals surface area (Å²) in [6.07, 6.45) is 0.730. The van der Waals surface area contributed by atoms with Crippen LogP contribution in [0.3, 0.4) is 0 Å². The Morgan fingerprint density at radius 3 is 2.33 bits per heavy atom. The van der Waals surface area contributed by atoms with E-state index in [1.54, 1.807) is 56.9 Å².